The highest BCUT2D eigenvalue weighted by Crippen LogP contribution is 2.20. The van der Waals surface area contributed by atoms with Crippen molar-refractivity contribution in [2.24, 2.45) is 5.73 Å². The van der Waals surface area contributed by atoms with Crippen molar-refractivity contribution in [1.82, 2.24) is 4.57 Å². The molecule has 0 saturated heterocycles. The van der Waals surface area contributed by atoms with Gasteiger partial charge in [-0.3, -0.25) is 9.36 Å². The molecule has 88 valence electrons. The number of benzene rings is 1. The summed E-state index contributed by atoms with van der Waals surface area (Å²) in [5, 5.41) is 9.79. The molecule has 4 heteroatoms. The Kier molecular flexibility index (Phi) is 2.97. The molecule has 2 aromatic rings. The Morgan fingerprint density at radius 2 is 1.94 bits per heavy atom. The van der Waals surface area contributed by atoms with Crippen LogP contribution in [0.25, 0.3) is 5.69 Å². The summed E-state index contributed by atoms with van der Waals surface area (Å²) in [5.74, 6) is 0.0758. The van der Waals surface area contributed by atoms with Crippen LogP contribution in [0.3, 0.4) is 0 Å². The lowest BCUT2D eigenvalue weighted by Gasteiger charge is -2.12. The van der Waals surface area contributed by atoms with E-state index in [2.05, 4.69) is 0 Å². The molecule has 0 radical (unpaired) electrons. The van der Waals surface area contributed by atoms with Crippen molar-refractivity contribution in [3.63, 3.8) is 0 Å². The number of phenols is 1. The highest BCUT2D eigenvalue weighted by Gasteiger charge is 2.09. The Morgan fingerprint density at radius 3 is 2.59 bits per heavy atom. The lowest BCUT2D eigenvalue weighted by Crippen LogP contribution is -2.25. The Bertz CT molecular complexity index is 603. The van der Waals surface area contributed by atoms with Gasteiger partial charge in [0.1, 0.15) is 5.75 Å². The summed E-state index contributed by atoms with van der Waals surface area (Å²) in [7, 11) is 0. The first-order chi connectivity index (χ1) is 8.15. The molecule has 0 bridgehead atoms. The van der Waals surface area contributed by atoms with E-state index < -0.39 is 0 Å². The molecule has 0 aliphatic rings. The zero-order valence-corrected chi connectivity index (χ0v) is 9.55. The molecule has 0 amide bonds. The fourth-order valence-electron chi connectivity index (χ4n) is 1.78. The molecular weight excluding hydrogens is 216 g/mol. The van der Waals surface area contributed by atoms with Crippen molar-refractivity contribution >= 4 is 0 Å². The van der Waals surface area contributed by atoms with Crippen LogP contribution in [0, 0.1) is 6.92 Å². The topological polar surface area (TPSA) is 68.2 Å². The van der Waals surface area contributed by atoms with Gasteiger partial charge in [0.05, 0.1) is 5.69 Å². The van der Waals surface area contributed by atoms with Crippen LogP contribution in [0.2, 0.25) is 0 Å². The van der Waals surface area contributed by atoms with Crippen molar-refractivity contribution in [3.05, 3.63) is 58.0 Å². The highest BCUT2D eigenvalue weighted by atomic mass is 16.3. The number of pyridine rings is 1. The number of aryl methyl sites for hydroxylation is 1. The van der Waals surface area contributed by atoms with Crippen LogP contribution in [0.15, 0.2) is 41.2 Å². The third-order valence-electron chi connectivity index (χ3n) is 2.70. The molecule has 2 rings (SSSR count). The fourth-order valence-corrected chi connectivity index (χ4v) is 1.78. The number of nitrogens with zero attached hydrogens (tertiary/aromatic N) is 1. The van der Waals surface area contributed by atoms with E-state index >= 15 is 0 Å². The molecule has 0 spiro atoms. The fraction of sp³-hybridized carbons (Fsp3) is 0.154. The van der Waals surface area contributed by atoms with Gasteiger partial charge in [0, 0.05) is 17.8 Å². The molecule has 4 nitrogen and oxygen atoms in total. The first-order valence-electron chi connectivity index (χ1n) is 5.35. The van der Waals surface area contributed by atoms with Crippen LogP contribution >= 0.6 is 0 Å². The molecule has 0 aliphatic heterocycles. The summed E-state index contributed by atoms with van der Waals surface area (Å²) in [6.45, 7) is 2.00. The molecule has 3 N–H and O–H groups in total. The van der Waals surface area contributed by atoms with E-state index in [1.165, 1.54) is 4.57 Å². The maximum Gasteiger partial charge on any atom is 0.259 e. The Labute approximate surface area is 98.9 Å². The van der Waals surface area contributed by atoms with Crippen molar-refractivity contribution in [2.45, 2.75) is 13.5 Å². The first kappa shape index (κ1) is 11.4. The Morgan fingerprint density at radius 1 is 1.24 bits per heavy atom. The minimum absolute atomic E-state index is 0.0758. The van der Waals surface area contributed by atoms with E-state index in [1.54, 1.807) is 30.3 Å². The molecule has 0 unspecified atom stereocenters. The molecule has 0 atom stereocenters. The molecule has 0 aliphatic carbocycles. The summed E-state index contributed by atoms with van der Waals surface area (Å²) in [4.78, 5) is 12.1. The van der Waals surface area contributed by atoms with E-state index in [0.29, 0.717) is 11.3 Å². The predicted octanol–water partition coefficient (Wildman–Crippen LogP) is 1.31. The van der Waals surface area contributed by atoms with E-state index in [1.807, 2.05) is 13.0 Å². The number of aromatic hydroxyl groups is 1. The predicted molar refractivity (Wildman–Crippen MR) is 66.3 cm³/mol. The number of nitrogens with two attached hydrogens (primary N) is 1. The van der Waals surface area contributed by atoms with Gasteiger partial charge in [-0.05, 0) is 25.1 Å². The average Bonchev–Trinajstić information content (AvgIpc) is 2.32. The number of aromatic nitrogens is 1. The molecule has 1 aromatic heterocycles. The van der Waals surface area contributed by atoms with Crippen LogP contribution in [-0.2, 0) is 6.54 Å². The number of rotatable bonds is 2. The van der Waals surface area contributed by atoms with Crippen molar-refractivity contribution < 1.29 is 5.11 Å². The quantitative estimate of drug-likeness (QED) is 0.817. The maximum atomic E-state index is 12.1. The lowest BCUT2D eigenvalue weighted by molar-refractivity contribution is 0.471. The van der Waals surface area contributed by atoms with Gasteiger partial charge < -0.3 is 10.8 Å². The molecular formula is C13H14N2O2. The third-order valence-corrected chi connectivity index (χ3v) is 2.70. The normalized spacial score (nSPS) is 10.5. The van der Waals surface area contributed by atoms with Crippen LogP contribution < -0.4 is 11.3 Å². The van der Waals surface area contributed by atoms with Gasteiger partial charge in [0.2, 0.25) is 0 Å². The van der Waals surface area contributed by atoms with Crippen LogP contribution in [-0.4, -0.2) is 9.67 Å². The minimum atomic E-state index is -0.186. The molecule has 1 heterocycles. The van der Waals surface area contributed by atoms with Crippen LogP contribution in [0.5, 0.6) is 5.75 Å². The molecule has 0 fully saturated rings. The van der Waals surface area contributed by atoms with Gasteiger partial charge in [0.25, 0.3) is 5.56 Å². The highest BCUT2D eigenvalue weighted by molar-refractivity contribution is 5.47. The Hall–Kier alpha value is -2.07. The smallest absolute Gasteiger partial charge is 0.259 e. The van der Waals surface area contributed by atoms with Crippen LogP contribution in [0.4, 0.5) is 0 Å². The Balaban J connectivity index is 2.76. The summed E-state index contributed by atoms with van der Waals surface area (Å²) < 4.78 is 1.47. The zero-order chi connectivity index (χ0) is 12.4. The van der Waals surface area contributed by atoms with E-state index in [4.69, 9.17) is 5.73 Å². The van der Waals surface area contributed by atoms with Crippen molar-refractivity contribution in [3.8, 4) is 11.4 Å². The second-order valence-corrected chi connectivity index (χ2v) is 3.83. The zero-order valence-electron chi connectivity index (χ0n) is 9.55. The van der Waals surface area contributed by atoms with Crippen molar-refractivity contribution in [1.29, 1.82) is 0 Å². The lowest BCUT2D eigenvalue weighted by atomic mass is 10.2. The molecule has 0 saturated carbocycles. The van der Waals surface area contributed by atoms with Gasteiger partial charge in [-0.25, -0.2) is 0 Å². The third kappa shape index (κ3) is 1.94. The van der Waals surface area contributed by atoms with Crippen LogP contribution in [0.1, 0.15) is 11.3 Å². The number of hydrogen-bond donors (Lipinski definition) is 2. The first-order valence-corrected chi connectivity index (χ1v) is 5.35. The summed E-state index contributed by atoms with van der Waals surface area (Å²) in [5.41, 5.74) is 7.09. The second kappa shape index (κ2) is 4.43. The number of para-hydroxylation sites is 2. The summed E-state index contributed by atoms with van der Waals surface area (Å²) >= 11 is 0. The van der Waals surface area contributed by atoms with Gasteiger partial charge in [0.15, 0.2) is 0 Å². The van der Waals surface area contributed by atoms with Gasteiger partial charge in [-0.15, -0.1) is 0 Å². The van der Waals surface area contributed by atoms with E-state index in [9.17, 15) is 9.90 Å². The average molecular weight is 230 g/mol. The van der Waals surface area contributed by atoms with E-state index in [-0.39, 0.29) is 17.9 Å². The summed E-state index contributed by atoms with van der Waals surface area (Å²) in [6, 6.07) is 10.3. The van der Waals surface area contributed by atoms with Gasteiger partial charge in [-0.1, -0.05) is 18.2 Å². The SMILES string of the molecule is Cc1ccc(CN)c(=O)n1-c1ccccc1O. The minimum Gasteiger partial charge on any atom is -0.506 e. The number of phenolic OH excluding ortho intramolecular Hbond substituents is 1. The van der Waals surface area contributed by atoms with Gasteiger partial charge >= 0.3 is 0 Å². The van der Waals surface area contributed by atoms with Crippen molar-refractivity contribution in [2.75, 3.05) is 0 Å². The summed E-state index contributed by atoms with van der Waals surface area (Å²) in [6.07, 6.45) is 0. The second-order valence-electron chi connectivity index (χ2n) is 3.83. The number of hydrogen-bond acceptors (Lipinski definition) is 3. The largest absolute Gasteiger partial charge is 0.506 e. The maximum absolute atomic E-state index is 12.1. The molecule has 17 heavy (non-hydrogen) atoms. The standard InChI is InChI=1S/C13H14N2O2/c1-9-6-7-10(8-14)13(17)15(9)11-4-2-3-5-12(11)16/h2-7,16H,8,14H2,1H3. The van der Waals surface area contributed by atoms with Gasteiger partial charge in [-0.2, -0.15) is 0 Å². The van der Waals surface area contributed by atoms with E-state index in [0.717, 1.165) is 5.69 Å². The monoisotopic (exact) mass is 230 g/mol. The molecule has 1 aromatic carbocycles.